The molecule has 0 unspecified atom stereocenters. The number of hydrogen-bond donors (Lipinski definition) is 1. The molecule has 0 saturated carbocycles. The van der Waals surface area contributed by atoms with Crippen LogP contribution >= 0.6 is 23.2 Å². The summed E-state index contributed by atoms with van der Waals surface area (Å²) in [5, 5.41) is 5.44. The van der Waals surface area contributed by atoms with Gasteiger partial charge in [0.2, 0.25) is 0 Å². The van der Waals surface area contributed by atoms with Crippen LogP contribution in [0.25, 0.3) is 5.69 Å². The van der Waals surface area contributed by atoms with Gasteiger partial charge in [-0.1, -0.05) is 50.0 Å². The van der Waals surface area contributed by atoms with Gasteiger partial charge < -0.3 is 5.73 Å². The molecule has 0 spiro atoms. The molecule has 18 heavy (non-hydrogen) atoms. The number of anilines is 1. The normalized spacial score (nSPS) is 11.8. The van der Waals surface area contributed by atoms with Crippen LogP contribution in [0.15, 0.2) is 24.3 Å². The summed E-state index contributed by atoms with van der Waals surface area (Å²) >= 11 is 12.2. The summed E-state index contributed by atoms with van der Waals surface area (Å²) in [6.45, 7) is 6.25. The van der Waals surface area contributed by atoms with Crippen LogP contribution in [0.5, 0.6) is 0 Å². The number of rotatable bonds is 1. The molecule has 96 valence electrons. The first-order valence-corrected chi connectivity index (χ1v) is 6.36. The third kappa shape index (κ3) is 2.33. The standard InChI is InChI=1S/C13H15Cl2N3/c1-13(2,3)10-7-11(16)18(17-10)9-6-4-5-8(14)12(9)15/h4-7H,16H2,1-3H3. The lowest BCUT2D eigenvalue weighted by Gasteiger charge is -2.14. The van der Waals surface area contributed by atoms with Crippen molar-refractivity contribution < 1.29 is 0 Å². The van der Waals surface area contributed by atoms with Gasteiger partial charge in [-0.2, -0.15) is 5.10 Å². The number of nitrogens with zero attached hydrogens (tertiary/aromatic N) is 2. The summed E-state index contributed by atoms with van der Waals surface area (Å²) in [5.74, 6) is 0.545. The maximum atomic E-state index is 6.17. The van der Waals surface area contributed by atoms with Gasteiger partial charge in [-0.15, -0.1) is 0 Å². The third-order valence-corrected chi connectivity index (χ3v) is 3.47. The minimum atomic E-state index is -0.0651. The maximum Gasteiger partial charge on any atom is 0.127 e. The molecule has 1 aromatic carbocycles. The van der Waals surface area contributed by atoms with E-state index in [2.05, 4.69) is 25.9 Å². The fourth-order valence-electron chi connectivity index (χ4n) is 1.61. The Balaban J connectivity index is 2.58. The Morgan fingerprint density at radius 3 is 2.44 bits per heavy atom. The van der Waals surface area contributed by atoms with Crippen LogP contribution in [0.4, 0.5) is 5.82 Å². The van der Waals surface area contributed by atoms with Gasteiger partial charge in [0.05, 0.1) is 21.4 Å². The Hall–Kier alpha value is -1.19. The average molecular weight is 284 g/mol. The molecule has 1 aromatic heterocycles. The van der Waals surface area contributed by atoms with Crippen LogP contribution in [0, 0.1) is 0 Å². The fourth-order valence-corrected chi connectivity index (χ4v) is 1.99. The molecule has 0 amide bonds. The van der Waals surface area contributed by atoms with Crippen molar-refractivity contribution in [1.82, 2.24) is 9.78 Å². The van der Waals surface area contributed by atoms with Gasteiger partial charge in [0.1, 0.15) is 5.82 Å². The van der Waals surface area contributed by atoms with Crippen LogP contribution in [-0.4, -0.2) is 9.78 Å². The molecule has 0 bridgehead atoms. The zero-order valence-electron chi connectivity index (χ0n) is 10.5. The zero-order chi connectivity index (χ0) is 13.5. The largest absolute Gasteiger partial charge is 0.384 e. The van der Waals surface area contributed by atoms with E-state index < -0.39 is 0 Å². The van der Waals surface area contributed by atoms with E-state index in [0.29, 0.717) is 21.6 Å². The predicted molar refractivity (Wildman–Crippen MR) is 76.7 cm³/mol. The van der Waals surface area contributed by atoms with E-state index in [1.807, 2.05) is 18.2 Å². The molecule has 0 atom stereocenters. The first-order chi connectivity index (χ1) is 8.30. The summed E-state index contributed by atoms with van der Waals surface area (Å²) in [5.41, 5.74) is 7.53. The average Bonchev–Trinajstić information content (AvgIpc) is 2.64. The van der Waals surface area contributed by atoms with Gasteiger partial charge in [0.25, 0.3) is 0 Å². The Bertz CT molecular complexity index is 582. The highest BCUT2D eigenvalue weighted by Gasteiger charge is 2.20. The van der Waals surface area contributed by atoms with E-state index in [1.54, 1.807) is 10.7 Å². The smallest absolute Gasteiger partial charge is 0.127 e. The van der Waals surface area contributed by atoms with E-state index >= 15 is 0 Å². The van der Waals surface area contributed by atoms with Crippen molar-refractivity contribution in [3.05, 3.63) is 40.0 Å². The Morgan fingerprint density at radius 2 is 1.89 bits per heavy atom. The summed E-state index contributed by atoms with van der Waals surface area (Å²) < 4.78 is 1.62. The van der Waals surface area contributed by atoms with Crippen molar-refractivity contribution in [2.24, 2.45) is 0 Å². The molecule has 0 aliphatic rings. The number of halogens is 2. The lowest BCUT2D eigenvalue weighted by molar-refractivity contribution is 0.560. The van der Waals surface area contributed by atoms with Gasteiger partial charge >= 0.3 is 0 Å². The maximum absolute atomic E-state index is 6.17. The molecule has 2 aromatic rings. The minimum Gasteiger partial charge on any atom is -0.384 e. The first kappa shape index (κ1) is 13.2. The quantitative estimate of drug-likeness (QED) is 0.858. The molecule has 2 rings (SSSR count). The molecule has 0 radical (unpaired) electrons. The summed E-state index contributed by atoms with van der Waals surface area (Å²) in [4.78, 5) is 0. The van der Waals surface area contributed by atoms with Crippen molar-refractivity contribution in [3.63, 3.8) is 0 Å². The molecular formula is C13H15Cl2N3. The second-order valence-corrected chi connectivity index (χ2v) is 5.97. The van der Waals surface area contributed by atoms with E-state index in [4.69, 9.17) is 28.9 Å². The molecular weight excluding hydrogens is 269 g/mol. The van der Waals surface area contributed by atoms with Crippen molar-refractivity contribution in [2.45, 2.75) is 26.2 Å². The van der Waals surface area contributed by atoms with E-state index in [9.17, 15) is 0 Å². The van der Waals surface area contributed by atoms with Crippen molar-refractivity contribution in [3.8, 4) is 5.69 Å². The summed E-state index contributed by atoms with van der Waals surface area (Å²) in [7, 11) is 0. The topological polar surface area (TPSA) is 43.8 Å². The molecule has 0 fully saturated rings. The fraction of sp³-hybridized carbons (Fsp3) is 0.308. The Kier molecular flexibility index (Phi) is 3.30. The Labute approximate surface area is 117 Å². The van der Waals surface area contributed by atoms with Gasteiger partial charge in [0.15, 0.2) is 0 Å². The highest BCUT2D eigenvalue weighted by atomic mass is 35.5. The van der Waals surface area contributed by atoms with E-state index in [0.717, 1.165) is 5.69 Å². The molecule has 1 heterocycles. The van der Waals surface area contributed by atoms with Crippen LogP contribution in [0.1, 0.15) is 26.5 Å². The van der Waals surface area contributed by atoms with E-state index in [-0.39, 0.29) is 5.41 Å². The monoisotopic (exact) mass is 283 g/mol. The second kappa shape index (κ2) is 4.48. The lowest BCUT2D eigenvalue weighted by atomic mass is 9.92. The predicted octanol–water partition coefficient (Wildman–Crippen LogP) is 4.06. The summed E-state index contributed by atoms with van der Waals surface area (Å²) in [6.07, 6.45) is 0. The Morgan fingerprint density at radius 1 is 1.22 bits per heavy atom. The molecule has 0 aliphatic heterocycles. The van der Waals surface area contributed by atoms with Crippen molar-refractivity contribution >= 4 is 29.0 Å². The van der Waals surface area contributed by atoms with Crippen LogP contribution in [0.3, 0.4) is 0 Å². The molecule has 5 heteroatoms. The van der Waals surface area contributed by atoms with Crippen molar-refractivity contribution in [1.29, 1.82) is 0 Å². The highest BCUT2D eigenvalue weighted by Crippen LogP contribution is 2.31. The van der Waals surface area contributed by atoms with E-state index in [1.165, 1.54) is 0 Å². The SMILES string of the molecule is CC(C)(C)c1cc(N)n(-c2cccc(Cl)c2Cl)n1. The van der Waals surface area contributed by atoms with Gasteiger partial charge in [0, 0.05) is 11.5 Å². The second-order valence-electron chi connectivity index (χ2n) is 5.19. The van der Waals surface area contributed by atoms with Crippen LogP contribution in [-0.2, 0) is 5.41 Å². The molecule has 3 nitrogen and oxygen atoms in total. The molecule has 2 N–H and O–H groups in total. The molecule has 0 saturated heterocycles. The van der Waals surface area contributed by atoms with Gasteiger partial charge in [-0.25, -0.2) is 4.68 Å². The third-order valence-electron chi connectivity index (χ3n) is 2.66. The zero-order valence-corrected chi connectivity index (χ0v) is 12.0. The van der Waals surface area contributed by atoms with Gasteiger partial charge in [-0.05, 0) is 12.1 Å². The van der Waals surface area contributed by atoms with Crippen LogP contribution in [0.2, 0.25) is 10.0 Å². The first-order valence-electron chi connectivity index (χ1n) is 5.61. The molecule has 0 aliphatic carbocycles. The number of benzene rings is 1. The number of nitrogen functional groups attached to an aromatic ring is 1. The van der Waals surface area contributed by atoms with Crippen molar-refractivity contribution in [2.75, 3.05) is 5.73 Å². The number of aromatic nitrogens is 2. The highest BCUT2D eigenvalue weighted by molar-refractivity contribution is 6.43. The number of nitrogens with two attached hydrogens (primary N) is 1. The lowest BCUT2D eigenvalue weighted by Crippen LogP contribution is -2.12. The summed E-state index contributed by atoms with van der Waals surface area (Å²) in [6, 6.07) is 7.25. The number of hydrogen-bond acceptors (Lipinski definition) is 2. The minimum absolute atomic E-state index is 0.0651. The van der Waals surface area contributed by atoms with Gasteiger partial charge in [-0.3, -0.25) is 0 Å². The van der Waals surface area contributed by atoms with Crippen LogP contribution < -0.4 is 5.73 Å².